The lowest BCUT2D eigenvalue weighted by Crippen LogP contribution is -1.91. The standard InChI is InChI=1S/C46H28O/c1-3-17-33-29(12-1)14-10-23-34(33)31-15-9-16-32(28-31)43-36-19-5-7-21-38(36)44(39-22-8-6-20-37(39)43)40-24-11-25-42-45(40)41-27-26-30-13-2-4-18-35(30)46(41)47-42/h1-28H/i1D,3D,10D,12D,14D,17D,23D. The summed E-state index contributed by atoms with van der Waals surface area (Å²) in [5.41, 5.74) is 6.37. The summed E-state index contributed by atoms with van der Waals surface area (Å²) in [6.07, 6.45) is 0. The van der Waals surface area contributed by atoms with Crippen molar-refractivity contribution < 1.29 is 14.0 Å². The van der Waals surface area contributed by atoms with Crippen LogP contribution in [0.15, 0.2) is 174 Å². The second-order valence-electron chi connectivity index (χ2n) is 11.9. The topological polar surface area (TPSA) is 13.1 Å². The molecule has 0 aliphatic rings. The summed E-state index contributed by atoms with van der Waals surface area (Å²) in [7, 11) is 0. The normalized spacial score (nSPS) is 13.9. The minimum atomic E-state index is -0.469. The molecular formula is C46H28O. The first-order valence-electron chi connectivity index (χ1n) is 19.1. The molecule has 10 aromatic rings. The van der Waals surface area contributed by atoms with Gasteiger partial charge in [-0.25, -0.2) is 0 Å². The lowest BCUT2D eigenvalue weighted by molar-refractivity contribution is 0.673. The van der Waals surface area contributed by atoms with E-state index in [1.54, 1.807) is 6.07 Å². The van der Waals surface area contributed by atoms with Gasteiger partial charge in [0.05, 0.1) is 9.60 Å². The van der Waals surface area contributed by atoms with Gasteiger partial charge in [-0.3, -0.25) is 0 Å². The molecule has 1 heteroatoms. The molecule has 0 aliphatic heterocycles. The fraction of sp³-hybridized carbons (Fsp3) is 0. The third kappa shape index (κ3) is 3.90. The molecule has 10 rings (SSSR count). The number of hydrogen-bond donors (Lipinski definition) is 0. The second kappa shape index (κ2) is 10.2. The zero-order valence-corrected chi connectivity index (χ0v) is 25.0. The van der Waals surface area contributed by atoms with Crippen molar-refractivity contribution in [3.63, 3.8) is 0 Å². The van der Waals surface area contributed by atoms with Crippen LogP contribution >= 0.6 is 0 Å². The highest BCUT2D eigenvalue weighted by atomic mass is 16.3. The zero-order valence-electron chi connectivity index (χ0n) is 32.0. The number of hydrogen-bond acceptors (Lipinski definition) is 1. The fourth-order valence-corrected chi connectivity index (χ4v) is 7.35. The van der Waals surface area contributed by atoms with Crippen LogP contribution in [0, 0.1) is 0 Å². The SMILES string of the molecule is [2H]c1c([2H])c([2H])c2c(-c3cccc(-c4c5ccccc5c(-c5cccc6oc7c8ccccc8ccc7c56)c5ccccc45)c3)c([2H])c([2H])c([2H])c2c1[2H]. The maximum atomic E-state index is 8.99. The third-order valence-corrected chi connectivity index (χ3v) is 9.34. The Morgan fingerprint density at radius 3 is 1.87 bits per heavy atom. The summed E-state index contributed by atoms with van der Waals surface area (Å²) < 4.78 is 66.9. The van der Waals surface area contributed by atoms with Gasteiger partial charge in [0.1, 0.15) is 11.2 Å². The van der Waals surface area contributed by atoms with E-state index in [4.69, 9.17) is 14.0 Å². The van der Waals surface area contributed by atoms with Gasteiger partial charge in [0.15, 0.2) is 0 Å². The Labute approximate surface area is 281 Å². The highest BCUT2D eigenvalue weighted by Crippen LogP contribution is 2.48. The molecule has 0 saturated heterocycles. The predicted molar refractivity (Wildman–Crippen MR) is 200 cm³/mol. The smallest absolute Gasteiger partial charge is 0.143 e. The minimum absolute atomic E-state index is 0.0587. The average molecular weight is 604 g/mol. The molecule has 0 amide bonds. The van der Waals surface area contributed by atoms with E-state index in [1.165, 1.54) is 0 Å². The Morgan fingerprint density at radius 1 is 0.404 bits per heavy atom. The molecular weight excluding hydrogens is 569 g/mol. The predicted octanol–water partition coefficient (Wildman–Crippen LogP) is 13.2. The van der Waals surface area contributed by atoms with Crippen molar-refractivity contribution in [3.05, 3.63) is 170 Å². The summed E-state index contributed by atoms with van der Waals surface area (Å²) in [5.74, 6) is 0. The van der Waals surface area contributed by atoms with Gasteiger partial charge in [0.2, 0.25) is 0 Å². The number of benzene rings is 9. The molecule has 0 fully saturated rings. The molecule has 47 heavy (non-hydrogen) atoms. The summed E-state index contributed by atoms with van der Waals surface area (Å²) in [6.45, 7) is 0. The molecule has 0 N–H and O–H groups in total. The average Bonchev–Trinajstić information content (AvgIpc) is 3.60. The van der Waals surface area contributed by atoms with Crippen LogP contribution in [-0.4, -0.2) is 0 Å². The van der Waals surface area contributed by atoms with Crippen LogP contribution in [0.5, 0.6) is 0 Å². The highest BCUT2D eigenvalue weighted by molar-refractivity contribution is 6.27. The molecule has 0 radical (unpaired) electrons. The summed E-state index contributed by atoms with van der Waals surface area (Å²) >= 11 is 0. The first kappa shape index (κ1) is 20.0. The number of rotatable bonds is 3. The molecule has 0 saturated carbocycles. The van der Waals surface area contributed by atoms with Crippen molar-refractivity contribution in [3.8, 4) is 33.4 Å². The molecule has 1 aromatic heterocycles. The van der Waals surface area contributed by atoms with Crippen LogP contribution < -0.4 is 0 Å². The Bertz CT molecular complexity index is 3190. The van der Waals surface area contributed by atoms with Crippen LogP contribution in [0.25, 0.3) is 98.4 Å². The van der Waals surface area contributed by atoms with E-state index in [-0.39, 0.29) is 46.5 Å². The van der Waals surface area contributed by atoms with E-state index in [2.05, 4.69) is 54.6 Å². The largest absolute Gasteiger partial charge is 0.455 e. The third-order valence-electron chi connectivity index (χ3n) is 9.34. The highest BCUT2D eigenvalue weighted by Gasteiger charge is 2.21. The van der Waals surface area contributed by atoms with Crippen LogP contribution in [0.2, 0.25) is 0 Å². The van der Waals surface area contributed by atoms with Crippen molar-refractivity contribution >= 4 is 65.0 Å². The Hall–Kier alpha value is -6.18. The maximum absolute atomic E-state index is 8.99. The molecule has 9 aromatic carbocycles. The van der Waals surface area contributed by atoms with Crippen LogP contribution in [0.4, 0.5) is 0 Å². The van der Waals surface area contributed by atoms with Gasteiger partial charge in [-0.2, -0.15) is 0 Å². The quantitative estimate of drug-likeness (QED) is 0.183. The summed E-state index contributed by atoms with van der Waals surface area (Å²) in [4.78, 5) is 0. The number of furan rings is 1. The van der Waals surface area contributed by atoms with Crippen molar-refractivity contribution in [2.75, 3.05) is 0 Å². The van der Waals surface area contributed by atoms with Gasteiger partial charge in [-0.05, 0) is 89.3 Å². The van der Waals surface area contributed by atoms with Crippen LogP contribution in [-0.2, 0) is 0 Å². The van der Waals surface area contributed by atoms with Crippen molar-refractivity contribution in [2.24, 2.45) is 0 Å². The van der Waals surface area contributed by atoms with Gasteiger partial charge in [0, 0.05) is 16.2 Å². The lowest BCUT2D eigenvalue weighted by Gasteiger charge is -2.19. The van der Waals surface area contributed by atoms with E-state index in [1.807, 2.05) is 66.7 Å². The maximum Gasteiger partial charge on any atom is 0.143 e. The van der Waals surface area contributed by atoms with Gasteiger partial charge in [0.25, 0.3) is 0 Å². The van der Waals surface area contributed by atoms with Gasteiger partial charge in [-0.1, -0.05) is 151 Å². The molecule has 1 nitrogen and oxygen atoms in total. The molecule has 0 aliphatic carbocycles. The molecule has 0 bridgehead atoms. The molecule has 1 heterocycles. The van der Waals surface area contributed by atoms with Crippen molar-refractivity contribution in [2.45, 2.75) is 0 Å². The molecule has 0 atom stereocenters. The van der Waals surface area contributed by atoms with Crippen molar-refractivity contribution in [1.29, 1.82) is 0 Å². The fourth-order valence-electron chi connectivity index (χ4n) is 7.35. The Kier molecular flexibility index (Phi) is 4.34. The molecule has 218 valence electrons. The summed E-state index contributed by atoms with van der Waals surface area (Å²) in [5, 5.41) is 8.42. The zero-order chi connectivity index (χ0) is 37.0. The Balaban J connectivity index is 1.28. The van der Waals surface area contributed by atoms with E-state index < -0.39 is 12.1 Å². The first-order chi connectivity index (χ1) is 26.2. The molecule has 0 spiro atoms. The van der Waals surface area contributed by atoms with Crippen LogP contribution in [0.1, 0.15) is 9.60 Å². The van der Waals surface area contributed by atoms with Gasteiger partial charge < -0.3 is 4.42 Å². The van der Waals surface area contributed by atoms with E-state index in [0.29, 0.717) is 5.56 Å². The molecule has 0 unspecified atom stereocenters. The van der Waals surface area contributed by atoms with E-state index >= 15 is 0 Å². The first-order valence-corrected chi connectivity index (χ1v) is 15.6. The van der Waals surface area contributed by atoms with E-state index in [9.17, 15) is 0 Å². The van der Waals surface area contributed by atoms with Gasteiger partial charge in [-0.15, -0.1) is 0 Å². The van der Waals surface area contributed by atoms with Gasteiger partial charge >= 0.3 is 0 Å². The number of fused-ring (bicyclic) bond motifs is 8. The Morgan fingerprint density at radius 2 is 1.06 bits per heavy atom. The summed E-state index contributed by atoms with van der Waals surface area (Å²) in [6, 6.07) is 40.4. The van der Waals surface area contributed by atoms with Crippen LogP contribution in [0.3, 0.4) is 0 Å². The van der Waals surface area contributed by atoms with E-state index in [0.717, 1.165) is 76.5 Å². The monoisotopic (exact) mass is 603 g/mol. The second-order valence-corrected chi connectivity index (χ2v) is 11.9. The van der Waals surface area contributed by atoms with Crippen molar-refractivity contribution in [1.82, 2.24) is 0 Å². The lowest BCUT2D eigenvalue weighted by atomic mass is 9.84. The minimum Gasteiger partial charge on any atom is -0.455 e.